The molecule has 1 saturated heterocycles. The predicted octanol–water partition coefficient (Wildman–Crippen LogP) is 2.40. The first-order chi connectivity index (χ1) is 19.2. The van der Waals surface area contributed by atoms with Crippen LogP contribution in [0.2, 0.25) is 0 Å². The van der Waals surface area contributed by atoms with Crippen LogP contribution >= 0.6 is 0 Å². The fourth-order valence-electron chi connectivity index (χ4n) is 4.97. The van der Waals surface area contributed by atoms with Gasteiger partial charge in [-0.15, -0.1) is 0 Å². The third-order valence-electron chi connectivity index (χ3n) is 7.07. The number of amidine groups is 1. The number of ketones is 1. The minimum atomic E-state index is -1.08. The van der Waals surface area contributed by atoms with Crippen molar-refractivity contribution in [3.63, 3.8) is 0 Å². The second kappa shape index (κ2) is 12.6. The molecule has 11 heteroatoms. The molecule has 3 aromatic rings. The molecule has 11 nitrogen and oxygen atoms in total. The Morgan fingerprint density at radius 3 is 2.60 bits per heavy atom. The Bertz CT molecular complexity index is 1430. The molecule has 0 aliphatic carbocycles. The summed E-state index contributed by atoms with van der Waals surface area (Å²) in [5, 5.41) is 20.7. The van der Waals surface area contributed by atoms with Gasteiger partial charge in [0.25, 0.3) is 5.91 Å². The van der Waals surface area contributed by atoms with Gasteiger partial charge in [-0.25, -0.2) is 4.79 Å². The van der Waals surface area contributed by atoms with Crippen molar-refractivity contribution in [1.82, 2.24) is 10.3 Å². The number of aromatic amines is 1. The Balaban J connectivity index is 1.37. The van der Waals surface area contributed by atoms with E-state index >= 15 is 0 Å². The number of nitrogen functional groups attached to an aromatic ring is 1. The Morgan fingerprint density at radius 1 is 1.20 bits per heavy atom. The lowest BCUT2D eigenvalue weighted by atomic mass is 9.97. The lowest BCUT2D eigenvalue weighted by molar-refractivity contribution is -0.145. The molecule has 4 rings (SSSR count). The van der Waals surface area contributed by atoms with E-state index in [1.165, 1.54) is 0 Å². The largest absolute Gasteiger partial charge is 0.464 e. The number of aliphatic hydroxyl groups excluding tert-OH is 1. The maximum absolute atomic E-state index is 13.1. The third kappa shape index (κ3) is 6.20. The quantitative estimate of drug-likeness (QED) is 0.131. The van der Waals surface area contributed by atoms with Gasteiger partial charge < -0.3 is 30.8 Å². The minimum Gasteiger partial charge on any atom is -0.464 e. The van der Waals surface area contributed by atoms with Crippen LogP contribution in [-0.2, 0) is 25.7 Å². The normalized spacial score (nSPS) is 15.7. The number of Topliss-reactive ketones (excluding diaryl/α,β-unsaturated/α-hetero) is 1. The van der Waals surface area contributed by atoms with Gasteiger partial charge in [0.1, 0.15) is 23.4 Å². The highest BCUT2D eigenvalue weighted by molar-refractivity contribution is 6.03. The number of H-pyrrole nitrogens is 1. The molecule has 1 aliphatic rings. The summed E-state index contributed by atoms with van der Waals surface area (Å²) in [6.45, 7) is 1.85. The maximum atomic E-state index is 13.1. The van der Waals surface area contributed by atoms with Crippen molar-refractivity contribution in [1.29, 1.82) is 5.41 Å². The predicted molar refractivity (Wildman–Crippen MR) is 149 cm³/mol. The SMILES string of the molecule is CCOC(=O)[C@H](CCC(=O)CC1CCN(c2ccc(C(=N)N)cc2)C1=O)NC(=O)c1[nH]c2ccccc2c1CO. The number of rotatable bonds is 12. The second-order valence-corrected chi connectivity index (χ2v) is 9.68. The molecule has 1 aliphatic heterocycles. The van der Waals surface area contributed by atoms with Gasteiger partial charge in [0.15, 0.2) is 0 Å². The third-order valence-corrected chi connectivity index (χ3v) is 7.07. The molecule has 1 unspecified atom stereocenters. The zero-order valence-electron chi connectivity index (χ0n) is 22.2. The number of anilines is 1. The summed E-state index contributed by atoms with van der Waals surface area (Å²) in [7, 11) is 0. The molecule has 6 N–H and O–H groups in total. The average Bonchev–Trinajstić information content (AvgIpc) is 3.51. The van der Waals surface area contributed by atoms with Crippen LogP contribution in [0.15, 0.2) is 48.5 Å². The summed E-state index contributed by atoms with van der Waals surface area (Å²) < 4.78 is 5.12. The summed E-state index contributed by atoms with van der Waals surface area (Å²) in [5.74, 6) is -2.15. The highest BCUT2D eigenvalue weighted by Gasteiger charge is 2.34. The second-order valence-electron chi connectivity index (χ2n) is 9.68. The first kappa shape index (κ1) is 28.5. The van der Waals surface area contributed by atoms with Crippen LogP contribution in [0.4, 0.5) is 5.69 Å². The number of hydrogen-bond donors (Lipinski definition) is 5. The zero-order chi connectivity index (χ0) is 28.8. The molecule has 1 fully saturated rings. The highest BCUT2D eigenvalue weighted by Crippen LogP contribution is 2.28. The van der Waals surface area contributed by atoms with Gasteiger partial charge in [-0.2, -0.15) is 0 Å². The molecule has 40 heavy (non-hydrogen) atoms. The van der Waals surface area contributed by atoms with Crippen molar-refractivity contribution in [2.45, 2.75) is 45.3 Å². The zero-order valence-corrected chi connectivity index (χ0v) is 22.2. The molecular weight excluding hydrogens is 514 g/mol. The summed E-state index contributed by atoms with van der Waals surface area (Å²) in [6, 6.07) is 12.9. The number of aliphatic hydroxyl groups is 1. The van der Waals surface area contributed by atoms with Crippen molar-refractivity contribution in [2.75, 3.05) is 18.1 Å². The summed E-state index contributed by atoms with van der Waals surface area (Å²) >= 11 is 0. The number of esters is 1. The Hall–Kier alpha value is -4.51. The number of benzene rings is 2. The Morgan fingerprint density at radius 2 is 1.93 bits per heavy atom. The molecule has 0 radical (unpaired) electrons. The number of carbonyl (C=O) groups is 4. The number of nitrogens with zero attached hydrogens (tertiary/aromatic N) is 1. The fourth-order valence-corrected chi connectivity index (χ4v) is 4.97. The van der Waals surface area contributed by atoms with E-state index in [1.54, 1.807) is 60.4 Å². The molecule has 0 bridgehead atoms. The van der Waals surface area contributed by atoms with Gasteiger partial charge in [0.05, 0.1) is 13.2 Å². The van der Waals surface area contributed by atoms with Crippen LogP contribution in [0.3, 0.4) is 0 Å². The van der Waals surface area contributed by atoms with Crippen LogP contribution in [0.1, 0.15) is 54.2 Å². The van der Waals surface area contributed by atoms with E-state index in [-0.39, 0.29) is 55.7 Å². The topological polar surface area (TPSA) is 179 Å². The van der Waals surface area contributed by atoms with Gasteiger partial charge in [-0.3, -0.25) is 19.8 Å². The molecule has 2 heterocycles. The first-order valence-corrected chi connectivity index (χ1v) is 13.2. The number of hydrogen-bond acceptors (Lipinski definition) is 7. The Kier molecular flexibility index (Phi) is 8.95. The number of para-hydroxylation sites is 1. The van der Waals surface area contributed by atoms with Crippen LogP contribution < -0.4 is 16.0 Å². The maximum Gasteiger partial charge on any atom is 0.328 e. The molecule has 0 spiro atoms. The molecular formula is C29H33N5O6. The van der Waals surface area contributed by atoms with Crippen molar-refractivity contribution in [2.24, 2.45) is 11.7 Å². The average molecular weight is 548 g/mol. The van der Waals surface area contributed by atoms with Crippen LogP contribution in [-0.4, -0.2) is 58.7 Å². The van der Waals surface area contributed by atoms with Gasteiger partial charge in [0.2, 0.25) is 5.91 Å². The molecule has 2 aromatic carbocycles. The Labute approximate surface area is 231 Å². The standard InChI is InChI=1S/C29H33N5O6/c1-2-40-29(39)24(33-27(37)25-22(16-35)21-5-3-4-6-23(21)32-25)12-11-20(36)15-18-13-14-34(28(18)38)19-9-7-17(8-10-19)26(30)31/h3-10,18,24,32,35H,2,11-16H2,1H3,(H3,30,31)(H,33,37)/t18?,24-/m0/s1. The number of nitrogens with one attached hydrogen (secondary N) is 3. The number of amides is 2. The molecule has 2 amide bonds. The van der Waals surface area contributed by atoms with E-state index in [4.69, 9.17) is 15.9 Å². The molecule has 0 saturated carbocycles. The monoisotopic (exact) mass is 547 g/mol. The molecule has 1 aromatic heterocycles. The minimum absolute atomic E-state index is 0.00915. The van der Waals surface area contributed by atoms with Crippen molar-refractivity contribution in [3.8, 4) is 0 Å². The van der Waals surface area contributed by atoms with Gasteiger partial charge in [-0.1, -0.05) is 18.2 Å². The van der Waals surface area contributed by atoms with E-state index in [0.717, 1.165) is 0 Å². The lowest BCUT2D eigenvalue weighted by Crippen LogP contribution is -2.42. The van der Waals surface area contributed by atoms with Crippen molar-refractivity contribution in [3.05, 3.63) is 65.4 Å². The van der Waals surface area contributed by atoms with E-state index in [2.05, 4.69) is 10.3 Å². The van der Waals surface area contributed by atoms with Crippen LogP contribution in [0.5, 0.6) is 0 Å². The van der Waals surface area contributed by atoms with E-state index in [1.807, 2.05) is 0 Å². The smallest absolute Gasteiger partial charge is 0.328 e. The fraction of sp³-hybridized carbons (Fsp3) is 0.345. The first-order valence-electron chi connectivity index (χ1n) is 13.2. The number of aromatic nitrogens is 1. The van der Waals surface area contributed by atoms with Crippen molar-refractivity contribution >= 4 is 46.0 Å². The highest BCUT2D eigenvalue weighted by atomic mass is 16.5. The molecule has 2 atom stereocenters. The van der Waals surface area contributed by atoms with E-state index < -0.39 is 23.8 Å². The molecule has 210 valence electrons. The van der Waals surface area contributed by atoms with E-state index in [9.17, 15) is 24.3 Å². The lowest BCUT2D eigenvalue weighted by Gasteiger charge is -2.18. The van der Waals surface area contributed by atoms with Gasteiger partial charge >= 0.3 is 5.97 Å². The van der Waals surface area contributed by atoms with Crippen LogP contribution in [0, 0.1) is 11.3 Å². The van der Waals surface area contributed by atoms with E-state index in [0.29, 0.717) is 40.7 Å². The van der Waals surface area contributed by atoms with Gasteiger partial charge in [0, 0.05) is 53.0 Å². The number of ether oxygens (including phenoxy) is 1. The van der Waals surface area contributed by atoms with Crippen molar-refractivity contribution < 1.29 is 29.0 Å². The van der Waals surface area contributed by atoms with Gasteiger partial charge in [-0.05, 0) is 50.1 Å². The summed E-state index contributed by atoms with van der Waals surface area (Å²) in [4.78, 5) is 56.1. The number of fused-ring (bicyclic) bond motifs is 1. The summed E-state index contributed by atoms with van der Waals surface area (Å²) in [6.07, 6.45) is 0.526. The number of nitrogens with two attached hydrogens (primary N) is 1. The number of carbonyl (C=O) groups excluding carboxylic acids is 4. The van der Waals surface area contributed by atoms with Crippen LogP contribution in [0.25, 0.3) is 10.9 Å². The summed E-state index contributed by atoms with van der Waals surface area (Å²) in [5.41, 5.74) is 7.94.